The molecule has 0 amide bonds. The van der Waals surface area contributed by atoms with Gasteiger partial charge in [0.2, 0.25) is 0 Å². The van der Waals surface area contributed by atoms with E-state index in [1.165, 1.54) is 5.56 Å². The number of aliphatic hydroxyl groups excluding tert-OH is 1. The van der Waals surface area contributed by atoms with Gasteiger partial charge in [-0.1, -0.05) is 36.4 Å². The second-order valence-corrected chi connectivity index (χ2v) is 5.32. The predicted molar refractivity (Wildman–Crippen MR) is 77.7 cm³/mol. The molecule has 1 unspecified atom stereocenters. The molecule has 0 aliphatic heterocycles. The van der Waals surface area contributed by atoms with Gasteiger partial charge in [-0.15, -0.1) is 11.8 Å². The number of nitrogens with two attached hydrogens (primary N) is 1. The van der Waals surface area contributed by atoms with Gasteiger partial charge in [-0.05, 0) is 30.2 Å². The molecule has 3 heteroatoms. The van der Waals surface area contributed by atoms with E-state index in [1.54, 1.807) is 11.8 Å². The fourth-order valence-electron chi connectivity index (χ4n) is 1.71. The summed E-state index contributed by atoms with van der Waals surface area (Å²) in [5.41, 5.74) is 8.67. The highest BCUT2D eigenvalue weighted by Crippen LogP contribution is 2.28. The summed E-state index contributed by atoms with van der Waals surface area (Å²) in [6.45, 7) is 2.05. The zero-order chi connectivity index (χ0) is 13.0. The second-order valence-electron chi connectivity index (χ2n) is 4.26. The van der Waals surface area contributed by atoms with Crippen molar-refractivity contribution in [3.63, 3.8) is 0 Å². The molecule has 3 N–H and O–H groups in total. The maximum absolute atomic E-state index is 10.1. The van der Waals surface area contributed by atoms with Gasteiger partial charge < -0.3 is 10.8 Å². The number of rotatable bonds is 4. The van der Waals surface area contributed by atoms with E-state index in [4.69, 9.17) is 5.73 Å². The zero-order valence-corrected chi connectivity index (χ0v) is 11.2. The molecule has 2 rings (SSSR count). The summed E-state index contributed by atoms with van der Waals surface area (Å²) in [4.78, 5) is 1.13. The molecule has 0 aliphatic carbocycles. The average molecular weight is 259 g/mol. The minimum atomic E-state index is -0.447. The lowest BCUT2D eigenvalue weighted by atomic mass is 10.1. The second kappa shape index (κ2) is 5.94. The van der Waals surface area contributed by atoms with Gasteiger partial charge in [0.15, 0.2) is 0 Å². The van der Waals surface area contributed by atoms with Gasteiger partial charge in [0.05, 0.1) is 6.10 Å². The zero-order valence-electron chi connectivity index (χ0n) is 10.3. The molecule has 2 nitrogen and oxygen atoms in total. The van der Waals surface area contributed by atoms with E-state index in [0.717, 1.165) is 16.1 Å². The van der Waals surface area contributed by atoms with Gasteiger partial charge in [-0.2, -0.15) is 0 Å². The van der Waals surface area contributed by atoms with Gasteiger partial charge in [0.1, 0.15) is 0 Å². The summed E-state index contributed by atoms with van der Waals surface area (Å²) < 4.78 is 0. The SMILES string of the molecule is Cc1ccc(N)cc1SCC(O)c1ccccc1. The van der Waals surface area contributed by atoms with Crippen molar-refractivity contribution in [2.75, 3.05) is 11.5 Å². The van der Waals surface area contributed by atoms with Crippen LogP contribution in [-0.2, 0) is 0 Å². The number of hydrogen-bond donors (Lipinski definition) is 2. The number of nitrogen functional groups attached to an aromatic ring is 1. The third-order valence-corrected chi connectivity index (χ3v) is 4.03. The Morgan fingerprint density at radius 1 is 1.17 bits per heavy atom. The van der Waals surface area contributed by atoms with Crippen molar-refractivity contribution in [1.82, 2.24) is 0 Å². The van der Waals surface area contributed by atoms with E-state index in [-0.39, 0.29) is 0 Å². The first-order chi connectivity index (χ1) is 8.66. The van der Waals surface area contributed by atoms with Crippen LogP contribution in [0.25, 0.3) is 0 Å². The molecular weight excluding hydrogens is 242 g/mol. The monoisotopic (exact) mass is 259 g/mol. The first-order valence-corrected chi connectivity index (χ1v) is 6.87. The fraction of sp³-hybridized carbons (Fsp3) is 0.200. The van der Waals surface area contributed by atoms with E-state index >= 15 is 0 Å². The lowest BCUT2D eigenvalue weighted by molar-refractivity contribution is 0.204. The average Bonchev–Trinajstić information content (AvgIpc) is 2.40. The molecule has 1 atom stereocenters. The molecule has 94 valence electrons. The number of anilines is 1. The normalized spacial score (nSPS) is 12.3. The van der Waals surface area contributed by atoms with Crippen LogP contribution in [0.2, 0.25) is 0 Å². The minimum Gasteiger partial charge on any atom is -0.399 e. The highest BCUT2D eigenvalue weighted by atomic mass is 32.2. The summed E-state index contributed by atoms with van der Waals surface area (Å²) >= 11 is 1.63. The molecular formula is C15H17NOS. The van der Waals surface area contributed by atoms with Crippen LogP contribution in [0.3, 0.4) is 0 Å². The van der Waals surface area contributed by atoms with Crippen molar-refractivity contribution in [1.29, 1.82) is 0 Å². The van der Waals surface area contributed by atoms with E-state index < -0.39 is 6.10 Å². The molecule has 0 aliphatic rings. The number of aryl methyl sites for hydroxylation is 1. The van der Waals surface area contributed by atoms with Crippen molar-refractivity contribution in [3.05, 3.63) is 59.7 Å². The van der Waals surface area contributed by atoms with Gasteiger partial charge in [0, 0.05) is 16.3 Å². The van der Waals surface area contributed by atoms with Crippen LogP contribution in [0.15, 0.2) is 53.4 Å². The highest BCUT2D eigenvalue weighted by molar-refractivity contribution is 7.99. The van der Waals surface area contributed by atoms with Crippen molar-refractivity contribution in [2.45, 2.75) is 17.9 Å². The highest BCUT2D eigenvalue weighted by Gasteiger charge is 2.08. The van der Waals surface area contributed by atoms with Crippen molar-refractivity contribution in [2.24, 2.45) is 0 Å². The number of aliphatic hydroxyl groups is 1. The van der Waals surface area contributed by atoms with Crippen LogP contribution in [0.5, 0.6) is 0 Å². The molecule has 0 bridgehead atoms. The van der Waals surface area contributed by atoms with E-state index in [1.807, 2.05) is 48.5 Å². The van der Waals surface area contributed by atoms with Crippen molar-refractivity contribution < 1.29 is 5.11 Å². The number of benzene rings is 2. The lowest BCUT2D eigenvalue weighted by Crippen LogP contribution is -2.00. The fourth-order valence-corrected chi connectivity index (χ4v) is 2.76. The number of thioether (sulfide) groups is 1. The van der Waals surface area contributed by atoms with Gasteiger partial charge in [-0.3, -0.25) is 0 Å². The Morgan fingerprint density at radius 2 is 1.89 bits per heavy atom. The maximum Gasteiger partial charge on any atom is 0.0883 e. The molecule has 2 aromatic rings. The third kappa shape index (κ3) is 3.28. The first-order valence-electron chi connectivity index (χ1n) is 5.89. The van der Waals surface area contributed by atoms with Crippen LogP contribution < -0.4 is 5.73 Å². The molecule has 0 fully saturated rings. The van der Waals surface area contributed by atoms with Crippen LogP contribution in [0, 0.1) is 6.92 Å². The third-order valence-electron chi connectivity index (χ3n) is 2.79. The molecule has 0 heterocycles. The van der Waals surface area contributed by atoms with Crippen LogP contribution in [0.1, 0.15) is 17.2 Å². The van der Waals surface area contributed by atoms with Gasteiger partial charge in [0.25, 0.3) is 0 Å². The van der Waals surface area contributed by atoms with Crippen molar-refractivity contribution in [3.8, 4) is 0 Å². The Balaban J connectivity index is 2.01. The summed E-state index contributed by atoms with van der Waals surface area (Å²) in [6.07, 6.45) is -0.447. The predicted octanol–water partition coefficient (Wildman–Crippen LogP) is 3.40. The molecule has 0 radical (unpaired) electrons. The Morgan fingerprint density at radius 3 is 2.61 bits per heavy atom. The molecule has 2 aromatic carbocycles. The van der Waals surface area contributed by atoms with Crippen LogP contribution >= 0.6 is 11.8 Å². The number of hydrogen-bond acceptors (Lipinski definition) is 3. The van der Waals surface area contributed by atoms with Crippen LogP contribution in [0.4, 0.5) is 5.69 Å². The summed E-state index contributed by atoms with van der Waals surface area (Å²) in [5.74, 6) is 0.633. The Labute approximate surface area is 112 Å². The Bertz CT molecular complexity index is 513. The largest absolute Gasteiger partial charge is 0.399 e. The van der Waals surface area contributed by atoms with E-state index in [0.29, 0.717) is 5.75 Å². The van der Waals surface area contributed by atoms with E-state index in [9.17, 15) is 5.11 Å². The summed E-state index contributed by atoms with van der Waals surface area (Å²) in [7, 11) is 0. The van der Waals surface area contributed by atoms with E-state index in [2.05, 4.69) is 6.92 Å². The Hall–Kier alpha value is -1.45. The lowest BCUT2D eigenvalue weighted by Gasteiger charge is -2.12. The molecule has 0 spiro atoms. The molecule has 0 saturated carbocycles. The summed E-state index contributed by atoms with van der Waals surface area (Å²) in [5, 5.41) is 10.1. The first kappa shape index (κ1) is 13.0. The van der Waals surface area contributed by atoms with Gasteiger partial charge >= 0.3 is 0 Å². The minimum absolute atomic E-state index is 0.447. The maximum atomic E-state index is 10.1. The van der Waals surface area contributed by atoms with Crippen LogP contribution in [-0.4, -0.2) is 10.9 Å². The standard InChI is InChI=1S/C15H17NOS/c1-11-7-8-13(16)9-15(11)18-10-14(17)12-5-3-2-4-6-12/h2-9,14,17H,10,16H2,1H3. The summed E-state index contributed by atoms with van der Waals surface area (Å²) in [6, 6.07) is 15.6. The van der Waals surface area contributed by atoms with Gasteiger partial charge in [-0.25, -0.2) is 0 Å². The van der Waals surface area contributed by atoms with Crippen molar-refractivity contribution >= 4 is 17.4 Å². The Kier molecular flexibility index (Phi) is 4.28. The molecule has 0 saturated heterocycles. The quantitative estimate of drug-likeness (QED) is 0.653. The molecule has 18 heavy (non-hydrogen) atoms. The smallest absolute Gasteiger partial charge is 0.0883 e. The molecule has 0 aromatic heterocycles. The topological polar surface area (TPSA) is 46.2 Å².